The summed E-state index contributed by atoms with van der Waals surface area (Å²) in [6.07, 6.45) is 1.76. The van der Waals surface area contributed by atoms with Gasteiger partial charge in [-0.05, 0) is 42.8 Å². The van der Waals surface area contributed by atoms with Crippen LogP contribution in [0.5, 0.6) is 0 Å². The standard InChI is InChI=1S/C20H19FN2O2S/c1-2-25-12-13-26-20-22-18(14-15-6-4-3-5-7-15)19(24)23(20)17-10-8-16(21)9-11-17/h3-11,14H,2,12-13H2,1H3. The van der Waals surface area contributed by atoms with E-state index in [9.17, 15) is 9.18 Å². The highest BCUT2D eigenvalue weighted by atomic mass is 32.2. The van der Waals surface area contributed by atoms with Crippen molar-refractivity contribution in [2.45, 2.75) is 6.92 Å². The molecule has 134 valence electrons. The van der Waals surface area contributed by atoms with Gasteiger partial charge in [0.15, 0.2) is 5.17 Å². The molecule has 0 atom stereocenters. The molecular weight excluding hydrogens is 351 g/mol. The molecule has 2 aromatic rings. The fraction of sp³-hybridized carbons (Fsp3) is 0.200. The van der Waals surface area contributed by atoms with Gasteiger partial charge in [0.25, 0.3) is 5.91 Å². The Morgan fingerprint density at radius 2 is 1.88 bits per heavy atom. The van der Waals surface area contributed by atoms with E-state index in [1.807, 2.05) is 37.3 Å². The molecule has 0 saturated carbocycles. The van der Waals surface area contributed by atoms with Crippen LogP contribution in [0.1, 0.15) is 12.5 Å². The largest absolute Gasteiger partial charge is 0.381 e. The summed E-state index contributed by atoms with van der Waals surface area (Å²) in [5.41, 5.74) is 1.86. The quantitative estimate of drug-likeness (QED) is 0.561. The Labute approximate surface area is 156 Å². The smallest absolute Gasteiger partial charge is 0.283 e. The first-order valence-corrected chi connectivity index (χ1v) is 9.33. The molecule has 0 unspecified atom stereocenters. The number of anilines is 1. The van der Waals surface area contributed by atoms with Crippen LogP contribution in [0.4, 0.5) is 10.1 Å². The maximum absolute atomic E-state index is 13.3. The zero-order valence-corrected chi connectivity index (χ0v) is 15.2. The second-order valence-corrected chi connectivity index (χ2v) is 6.56. The Balaban J connectivity index is 1.88. The lowest BCUT2D eigenvalue weighted by Gasteiger charge is -2.17. The first kappa shape index (κ1) is 18.4. The average Bonchev–Trinajstić information content (AvgIpc) is 2.96. The van der Waals surface area contributed by atoms with Crippen molar-refractivity contribution in [1.29, 1.82) is 0 Å². The van der Waals surface area contributed by atoms with E-state index in [0.29, 0.717) is 35.5 Å². The van der Waals surface area contributed by atoms with Crippen molar-refractivity contribution in [1.82, 2.24) is 0 Å². The van der Waals surface area contributed by atoms with Crippen molar-refractivity contribution >= 4 is 34.6 Å². The van der Waals surface area contributed by atoms with Crippen molar-refractivity contribution in [2.24, 2.45) is 4.99 Å². The van der Waals surface area contributed by atoms with Crippen LogP contribution >= 0.6 is 11.8 Å². The van der Waals surface area contributed by atoms with Gasteiger partial charge in [-0.3, -0.25) is 9.69 Å². The van der Waals surface area contributed by atoms with Gasteiger partial charge in [-0.2, -0.15) is 0 Å². The van der Waals surface area contributed by atoms with E-state index >= 15 is 0 Å². The fourth-order valence-corrected chi connectivity index (χ4v) is 3.32. The number of ether oxygens (including phenoxy) is 1. The van der Waals surface area contributed by atoms with Gasteiger partial charge in [0.2, 0.25) is 0 Å². The second-order valence-electron chi connectivity index (χ2n) is 5.50. The first-order valence-electron chi connectivity index (χ1n) is 8.35. The number of benzene rings is 2. The van der Waals surface area contributed by atoms with E-state index in [1.54, 1.807) is 18.2 Å². The molecule has 0 radical (unpaired) electrons. The zero-order valence-electron chi connectivity index (χ0n) is 14.4. The van der Waals surface area contributed by atoms with Crippen LogP contribution in [0.15, 0.2) is 65.3 Å². The number of hydrogen-bond donors (Lipinski definition) is 0. The summed E-state index contributed by atoms with van der Waals surface area (Å²) in [5, 5.41) is 0.573. The van der Waals surface area contributed by atoms with Gasteiger partial charge in [0.05, 0.1) is 12.3 Å². The third kappa shape index (κ3) is 4.39. The van der Waals surface area contributed by atoms with Crippen LogP contribution in [0, 0.1) is 5.82 Å². The summed E-state index contributed by atoms with van der Waals surface area (Å²) in [6.45, 7) is 3.16. The van der Waals surface area contributed by atoms with Crippen molar-refractivity contribution in [2.75, 3.05) is 23.9 Å². The number of rotatable bonds is 6. The molecule has 26 heavy (non-hydrogen) atoms. The molecule has 2 aromatic carbocycles. The van der Waals surface area contributed by atoms with Crippen LogP contribution in [0.25, 0.3) is 6.08 Å². The van der Waals surface area contributed by atoms with Crippen molar-refractivity contribution in [3.63, 3.8) is 0 Å². The summed E-state index contributed by atoms with van der Waals surface area (Å²) in [4.78, 5) is 18.9. The number of amidine groups is 1. The van der Waals surface area contributed by atoms with Crippen molar-refractivity contribution < 1.29 is 13.9 Å². The maximum atomic E-state index is 13.3. The molecule has 0 spiro atoms. The summed E-state index contributed by atoms with van der Waals surface area (Å²) in [7, 11) is 0. The van der Waals surface area contributed by atoms with E-state index in [-0.39, 0.29) is 11.7 Å². The van der Waals surface area contributed by atoms with E-state index in [0.717, 1.165) is 5.56 Å². The fourth-order valence-electron chi connectivity index (χ4n) is 2.45. The van der Waals surface area contributed by atoms with Gasteiger partial charge in [0, 0.05) is 12.4 Å². The topological polar surface area (TPSA) is 41.9 Å². The minimum atomic E-state index is -0.345. The molecule has 0 aliphatic carbocycles. The van der Waals surface area contributed by atoms with Gasteiger partial charge in [0.1, 0.15) is 11.5 Å². The first-order chi connectivity index (χ1) is 12.7. The Kier molecular flexibility index (Phi) is 6.20. The summed E-state index contributed by atoms with van der Waals surface area (Å²) in [6, 6.07) is 15.4. The van der Waals surface area contributed by atoms with Gasteiger partial charge >= 0.3 is 0 Å². The maximum Gasteiger partial charge on any atom is 0.283 e. The Morgan fingerprint density at radius 1 is 1.15 bits per heavy atom. The van der Waals surface area contributed by atoms with Gasteiger partial charge in [-0.15, -0.1) is 0 Å². The van der Waals surface area contributed by atoms with Crippen molar-refractivity contribution in [3.05, 3.63) is 71.7 Å². The summed E-state index contributed by atoms with van der Waals surface area (Å²) < 4.78 is 18.6. The molecule has 0 bridgehead atoms. The molecule has 0 N–H and O–H groups in total. The zero-order chi connectivity index (χ0) is 18.4. The monoisotopic (exact) mass is 370 g/mol. The van der Waals surface area contributed by atoms with Crippen LogP contribution in [0.3, 0.4) is 0 Å². The molecule has 1 aliphatic heterocycles. The molecule has 4 nitrogen and oxygen atoms in total. The lowest BCUT2D eigenvalue weighted by atomic mass is 10.2. The highest BCUT2D eigenvalue weighted by molar-refractivity contribution is 8.14. The van der Waals surface area contributed by atoms with Gasteiger partial charge < -0.3 is 4.74 Å². The SMILES string of the molecule is CCOCCSC1=NC(=Cc2ccccc2)C(=O)N1c1ccc(F)cc1. The molecule has 1 heterocycles. The van der Waals surface area contributed by atoms with Gasteiger partial charge in [-0.25, -0.2) is 9.38 Å². The average molecular weight is 370 g/mol. The molecule has 1 aliphatic rings. The minimum absolute atomic E-state index is 0.223. The van der Waals surface area contributed by atoms with E-state index in [4.69, 9.17) is 4.74 Å². The predicted molar refractivity (Wildman–Crippen MR) is 105 cm³/mol. The molecule has 0 aromatic heterocycles. The Hall–Kier alpha value is -2.44. The molecule has 1 amide bonds. The van der Waals surface area contributed by atoms with E-state index in [2.05, 4.69) is 4.99 Å². The predicted octanol–water partition coefficient (Wildman–Crippen LogP) is 4.34. The third-order valence-electron chi connectivity index (χ3n) is 3.68. The number of amides is 1. The molecular formula is C20H19FN2O2S. The molecule has 0 fully saturated rings. The number of halogens is 1. The van der Waals surface area contributed by atoms with Crippen LogP contribution < -0.4 is 4.90 Å². The second kappa shape index (κ2) is 8.78. The van der Waals surface area contributed by atoms with E-state index < -0.39 is 0 Å². The van der Waals surface area contributed by atoms with Crippen LogP contribution in [-0.4, -0.2) is 30.0 Å². The lowest BCUT2D eigenvalue weighted by Crippen LogP contribution is -2.30. The number of aliphatic imine (C=N–C) groups is 1. The lowest BCUT2D eigenvalue weighted by molar-refractivity contribution is -0.113. The minimum Gasteiger partial charge on any atom is -0.381 e. The number of carbonyl (C=O) groups is 1. The Bertz CT molecular complexity index is 819. The number of nitrogens with zero attached hydrogens (tertiary/aromatic N) is 2. The normalized spacial score (nSPS) is 15.6. The molecule has 3 rings (SSSR count). The number of carbonyl (C=O) groups excluding carboxylic acids is 1. The molecule has 0 saturated heterocycles. The number of hydrogen-bond acceptors (Lipinski definition) is 4. The third-order valence-corrected chi connectivity index (χ3v) is 4.58. The highest BCUT2D eigenvalue weighted by Gasteiger charge is 2.31. The van der Waals surface area contributed by atoms with Crippen LogP contribution in [-0.2, 0) is 9.53 Å². The summed E-state index contributed by atoms with van der Waals surface area (Å²) in [5.74, 6) is 0.110. The summed E-state index contributed by atoms with van der Waals surface area (Å²) >= 11 is 1.44. The highest BCUT2D eigenvalue weighted by Crippen LogP contribution is 2.29. The number of thioether (sulfide) groups is 1. The Morgan fingerprint density at radius 3 is 2.58 bits per heavy atom. The van der Waals surface area contributed by atoms with E-state index in [1.165, 1.54) is 28.8 Å². The molecule has 6 heteroatoms. The van der Waals surface area contributed by atoms with Crippen molar-refractivity contribution in [3.8, 4) is 0 Å². The van der Waals surface area contributed by atoms with Gasteiger partial charge in [-0.1, -0.05) is 42.1 Å². The van der Waals surface area contributed by atoms with Crippen LogP contribution in [0.2, 0.25) is 0 Å².